The largest absolute Gasteiger partial charge is 0.325 e. The molecule has 0 N–H and O–H groups in total. The Kier molecular flexibility index (Phi) is 4.04. The van der Waals surface area contributed by atoms with Gasteiger partial charge in [0.05, 0.1) is 17.6 Å². The third-order valence-corrected chi connectivity index (χ3v) is 6.13. The van der Waals surface area contributed by atoms with Crippen molar-refractivity contribution >= 4 is 17.2 Å². The van der Waals surface area contributed by atoms with Gasteiger partial charge in [-0.15, -0.1) is 11.3 Å². The first kappa shape index (κ1) is 16.6. The minimum atomic E-state index is -0.0782. The average Bonchev–Trinajstić information content (AvgIpc) is 3.27. The molecule has 138 valence electrons. The summed E-state index contributed by atoms with van der Waals surface area (Å²) in [6.07, 6.45) is 3.13. The van der Waals surface area contributed by atoms with Crippen molar-refractivity contribution in [3.05, 3.63) is 63.6 Å². The number of hydrogen-bond acceptors (Lipinski definition) is 5. The summed E-state index contributed by atoms with van der Waals surface area (Å²) >= 11 is 1.55. The van der Waals surface area contributed by atoms with Crippen molar-refractivity contribution < 1.29 is 4.79 Å². The van der Waals surface area contributed by atoms with E-state index in [2.05, 4.69) is 22.2 Å². The highest BCUT2D eigenvalue weighted by molar-refractivity contribution is 7.09. The Bertz CT molecular complexity index is 975. The van der Waals surface area contributed by atoms with Gasteiger partial charge >= 0.3 is 0 Å². The van der Waals surface area contributed by atoms with Crippen LogP contribution in [0, 0.1) is 0 Å². The number of aromatic nitrogens is 4. The van der Waals surface area contributed by atoms with Crippen LogP contribution in [0.4, 0.5) is 0 Å². The summed E-state index contributed by atoms with van der Waals surface area (Å²) in [5.74, 6) is 2.36. The highest BCUT2D eigenvalue weighted by Crippen LogP contribution is 2.39. The van der Waals surface area contributed by atoms with Crippen LogP contribution in [0.2, 0.25) is 0 Å². The zero-order chi connectivity index (χ0) is 18.4. The summed E-state index contributed by atoms with van der Waals surface area (Å²) in [5, 5.41) is 7.48. The van der Waals surface area contributed by atoms with Crippen molar-refractivity contribution in [2.24, 2.45) is 0 Å². The molecule has 0 unspecified atom stereocenters. The van der Waals surface area contributed by atoms with Crippen LogP contribution < -0.4 is 0 Å². The van der Waals surface area contributed by atoms with Gasteiger partial charge < -0.3 is 4.90 Å². The molecule has 1 saturated carbocycles. The van der Waals surface area contributed by atoms with Crippen molar-refractivity contribution in [1.82, 2.24) is 24.6 Å². The smallest absolute Gasteiger partial charge is 0.274 e. The molecule has 1 aliphatic heterocycles. The fraction of sp³-hybridized carbons (Fsp3) is 0.400. The second kappa shape index (κ2) is 6.56. The van der Waals surface area contributed by atoms with Crippen molar-refractivity contribution in [1.29, 1.82) is 0 Å². The van der Waals surface area contributed by atoms with Crippen molar-refractivity contribution in [2.45, 2.75) is 44.7 Å². The first-order valence-electron chi connectivity index (χ1n) is 9.43. The summed E-state index contributed by atoms with van der Waals surface area (Å²) in [7, 11) is 0. The maximum absolute atomic E-state index is 13.1. The van der Waals surface area contributed by atoms with Crippen LogP contribution in [0.5, 0.6) is 0 Å². The molecule has 1 aromatic carbocycles. The Morgan fingerprint density at radius 2 is 2.00 bits per heavy atom. The van der Waals surface area contributed by atoms with Crippen molar-refractivity contribution in [3.63, 3.8) is 0 Å². The van der Waals surface area contributed by atoms with Crippen LogP contribution in [0.1, 0.15) is 64.4 Å². The van der Waals surface area contributed by atoms with Crippen LogP contribution in [-0.2, 0) is 13.0 Å². The quantitative estimate of drug-likeness (QED) is 0.697. The summed E-state index contributed by atoms with van der Waals surface area (Å²) in [5.41, 5.74) is 1.74. The molecule has 3 aromatic rings. The summed E-state index contributed by atoms with van der Waals surface area (Å²) < 4.78 is 1.98. The third-order valence-electron chi connectivity index (χ3n) is 5.28. The first-order chi connectivity index (χ1) is 13.2. The molecule has 2 aliphatic rings. The Morgan fingerprint density at radius 3 is 2.78 bits per heavy atom. The zero-order valence-electron chi connectivity index (χ0n) is 15.2. The number of rotatable bonds is 4. The predicted molar refractivity (Wildman–Crippen MR) is 103 cm³/mol. The highest BCUT2D eigenvalue weighted by atomic mass is 32.1. The van der Waals surface area contributed by atoms with Gasteiger partial charge in [-0.1, -0.05) is 30.3 Å². The number of fused-ring (bicyclic) bond motifs is 1. The fourth-order valence-corrected chi connectivity index (χ4v) is 4.38. The van der Waals surface area contributed by atoms with E-state index in [4.69, 9.17) is 4.98 Å². The molecule has 0 saturated heterocycles. The van der Waals surface area contributed by atoms with E-state index >= 15 is 0 Å². The second-order valence-electron chi connectivity index (χ2n) is 7.29. The fourth-order valence-electron chi connectivity index (χ4n) is 3.58. The number of nitrogens with zero attached hydrogens (tertiary/aromatic N) is 5. The van der Waals surface area contributed by atoms with Crippen LogP contribution in [0.25, 0.3) is 0 Å². The normalized spacial score (nSPS) is 19.1. The van der Waals surface area contributed by atoms with E-state index in [-0.39, 0.29) is 11.9 Å². The van der Waals surface area contributed by atoms with Gasteiger partial charge in [0.1, 0.15) is 11.5 Å². The lowest BCUT2D eigenvalue weighted by Gasteiger charge is -2.32. The SMILES string of the molecule is C[C@@H]1c2nc(C3CC3)nn2CCN1C(=O)c1csc(Cc2ccccc2)n1. The predicted octanol–water partition coefficient (Wildman–Crippen LogP) is 3.42. The second-order valence-corrected chi connectivity index (χ2v) is 8.23. The lowest BCUT2D eigenvalue weighted by atomic mass is 10.2. The van der Waals surface area contributed by atoms with E-state index in [1.54, 1.807) is 11.3 Å². The molecule has 1 fully saturated rings. The molecule has 0 spiro atoms. The standard InChI is InChI=1S/C20H21N5OS/c1-13-19-22-18(15-7-8-15)23-25(19)10-9-24(13)20(26)16-12-27-17(21-16)11-14-5-3-2-4-6-14/h2-6,12-13,15H,7-11H2,1H3/t13-/m1/s1. The molecule has 0 bridgehead atoms. The van der Waals surface area contributed by atoms with Gasteiger partial charge in [0.2, 0.25) is 0 Å². The minimum Gasteiger partial charge on any atom is -0.325 e. The monoisotopic (exact) mass is 379 g/mol. The zero-order valence-corrected chi connectivity index (χ0v) is 16.0. The number of carbonyl (C=O) groups excluding carboxylic acids is 1. The lowest BCUT2D eigenvalue weighted by Crippen LogP contribution is -2.41. The van der Waals surface area contributed by atoms with Crippen molar-refractivity contribution in [3.8, 4) is 0 Å². The molecule has 5 rings (SSSR count). The first-order valence-corrected chi connectivity index (χ1v) is 10.3. The van der Waals surface area contributed by atoms with Crippen LogP contribution in [-0.4, -0.2) is 37.1 Å². The summed E-state index contributed by atoms with van der Waals surface area (Å²) in [6, 6.07) is 10.1. The number of hydrogen-bond donors (Lipinski definition) is 0. The topological polar surface area (TPSA) is 63.9 Å². The Labute approximate surface area is 161 Å². The van der Waals surface area contributed by atoms with Gasteiger partial charge in [-0.25, -0.2) is 14.6 Å². The molecular formula is C20H21N5OS. The number of benzene rings is 1. The average molecular weight is 379 g/mol. The Balaban J connectivity index is 1.33. The maximum Gasteiger partial charge on any atom is 0.274 e. The molecule has 7 heteroatoms. The van der Waals surface area contributed by atoms with Gasteiger partial charge in [0.15, 0.2) is 5.82 Å². The number of thiazole rings is 1. The highest BCUT2D eigenvalue weighted by Gasteiger charge is 2.35. The lowest BCUT2D eigenvalue weighted by molar-refractivity contribution is 0.0625. The summed E-state index contributed by atoms with van der Waals surface area (Å²) in [6.45, 7) is 3.38. The minimum absolute atomic E-state index is 0.0136. The number of carbonyl (C=O) groups is 1. The van der Waals surface area contributed by atoms with Crippen LogP contribution in [0.3, 0.4) is 0 Å². The molecule has 1 atom stereocenters. The van der Waals surface area contributed by atoms with E-state index in [0.717, 1.165) is 23.1 Å². The molecule has 1 amide bonds. The molecule has 1 aliphatic carbocycles. The van der Waals surface area contributed by atoms with E-state index in [1.165, 1.54) is 18.4 Å². The molecule has 27 heavy (non-hydrogen) atoms. The molecule has 2 aromatic heterocycles. The van der Waals surface area contributed by atoms with Gasteiger partial charge in [0, 0.05) is 24.3 Å². The van der Waals surface area contributed by atoms with Gasteiger partial charge in [-0.05, 0) is 25.3 Å². The van der Waals surface area contributed by atoms with E-state index < -0.39 is 0 Å². The van der Waals surface area contributed by atoms with Crippen molar-refractivity contribution in [2.75, 3.05) is 6.54 Å². The van der Waals surface area contributed by atoms with Crippen LogP contribution >= 0.6 is 11.3 Å². The molecular weight excluding hydrogens is 358 g/mol. The van der Waals surface area contributed by atoms with Gasteiger partial charge in [-0.2, -0.15) is 5.10 Å². The maximum atomic E-state index is 13.1. The third kappa shape index (κ3) is 3.16. The van der Waals surface area contributed by atoms with Gasteiger partial charge in [-0.3, -0.25) is 4.79 Å². The summed E-state index contributed by atoms with van der Waals surface area (Å²) in [4.78, 5) is 24.2. The Morgan fingerprint density at radius 1 is 1.19 bits per heavy atom. The van der Waals surface area contributed by atoms with E-state index in [1.807, 2.05) is 40.1 Å². The molecule has 6 nitrogen and oxygen atoms in total. The van der Waals surface area contributed by atoms with E-state index in [9.17, 15) is 4.79 Å². The molecule has 3 heterocycles. The van der Waals surface area contributed by atoms with Gasteiger partial charge in [0.25, 0.3) is 5.91 Å². The van der Waals surface area contributed by atoms with Crippen LogP contribution in [0.15, 0.2) is 35.7 Å². The van der Waals surface area contributed by atoms with E-state index in [0.29, 0.717) is 24.7 Å². The number of amides is 1. The Hall–Kier alpha value is -2.54. The molecule has 0 radical (unpaired) electrons.